The van der Waals surface area contributed by atoms with Gasteiger partial charge in [0.15, 0.2) is 0 Å². The van der Waals surface area contributed by atoms with Crippen molar-refractivity contribution in [3.05, 3.63) is 54.2 Å². The van der Waals surface area contributed by atoms with Crippen molar-refractivity contribution in [2.45, 2.75) is 26.3 Å². The number of nitrogens with zero attached hydrogens (tertiary/aromatic N) is 2. The number of para-hydroxylation sites is 1. The Bertz CT molecular complexity index is 818. The van der Waals surface area contributed by atoms with Gasteiger partial charge in [0.25, 0.3) is 11.7 Å². The van der Waals surface area contributed by atoms with E-state index in [1.807, 2.05) is 13.8 Å². The fourth-order valence-corrected chi connectivity index (χ4v) is 2.94. The van der Waals surface area contributed by atoms with Gasteiger partial charge in [0.1, 0.15) is 11.9 Å². The molecule has 1 atom stereocenters. The molecule has 1 unspecified atom stereocenters. The standard InChI is InChI=1S/C19H19N3O3/c1-12(2)11-15(18(24)21-16-9-5-6-10-20-16)22-14-8-4-3-7-13(14)17(23)19(22)25/h3-10,12,15H,11H2,1-2H3,(H,20,21,24). The van der Waals surface area contributed by atoms with Crippen LogP contribution in [0.25, 0.3) is 0 Å². The Labute approximate surface area is 145 Å². The van der Waals surface area contributed by atoms with Crippen LogP contribution in [0, 0.1) is 5.92 Å². The Kier molecular flexibility index (Phi) is 4.61. The zero-order valence-corrected chi connectivity index (χ0v) is 14.1. The van der Waals surface area contributed by atoms with E-state index in [2.05, 4.69) is 10.3 Å². The third kappa shape index (κ3) is 3.28. The monoisotopic (exact) mass is 337 g/mol. The predicted molar refractivity (Wildman–Crippen MR) is 94.4 cm³/mol. The van der Waals surface area contributed by atoms with Crippen molar-refractivity contribution >= 4 is 29.1 Å². The first-order valence-corrected chi connectivity index (χ1v) is 8.18. The minimum absolute atomic E-state index is 0.162. The number of hydrogen-bond acceptors (Lipinski definition) is 4. The van der Waals surface area contributed by atoms with E-state index in [0.29, 0.717) is 23.5 Å². The van der Waals surface area contributed by atoms with Crippen LogP contribution in [0.1, 0.15) is 30.6 Å². The van der Waals surface area contributed by atoms with Gasteiger partial charge >= 0.3 is 0 Å². The lowest BCUT2D eigenvalue weighted by atomic mass is 10.0. The molecule has 6 nitrogen and oxygen atoms in total. The van der Waals surface area contributed by atoms with Crippen LogP contribution in [-0.2, 0) is 9.59 Å². The third-order valence-corrected chi connectivity index (χ3v) is 4.05. The molecule has 2 aromatic rings. The second-order valence-corrected chi connectivity index (χ2v) is 6.37. The lowest BCUT2D eigenvalue weighted by molar-refractivity contribution is -0.121. The topological polar surface area (TPSA) is 79.4 Å². The molecule has 0 fully saturated rings. The summed E-state index contributed by atoms with van der Waals surface area (Å²) < 4.78 is 0. The molecule has 1 N–H and O–H groups in total. The summed E-state index contributed by atoms with van der Waals surface area (Å²) in [5.41, 5.74) is 0.825. The van der Waals surface area contributed by atoms with Crippen LogP contribution >= 0.6 is 0 Å². The molecule has 2 amide bonds. The van der Waals surface area contributed by atoms with E-state index >= 15 is 0 Å². The summed E-state index contributed by atoms with van der Waals surface area (Å²) in [6, 6.07) is 11.2. The van der Waals surface area contributed by atoms with Crippen LogP contribution in [0.3, 0.4) is 0 Å². The number of nitrogens with one attached hydrogen (secondary N) is 1. The Morgan fingerprint density at radius 3 is 2.52 bits per heavy atom. The highest BCUT2D eigenvalue weighted by Gasteiger charge is 2.42. The number of Topliss-reactive ketones (excluding diaryl/α,β-unsaturated/α-hetero) is 1. The van der Waals surface area contributed by atoms with Gasteiger partial charge in [-0.05, 0) is 36.6 Å². The summed E-state index contributed by atoms with van der Waals surface area (Å²) in [5.74, 6) is -1.02. The van der Waals surface area contributed by atoms with E-state index < -0.39 is 17.7 Å². The number of fused-ring (bicyclic) bond motifs is 1. The number of carbonyl (C=O) groups excluding carboxylic acids is 3. The zero-order valence-electron chi connectivity index (χ0n) is 14.1. The Morgan fingerprint density at radius 2 is 1.84 bits per heavy atom. The van der Waals surface area contributed by atoms with Crippen molar-refractivity contribution in [1.82, 2.24) is 4.98 Å². The maximum absolute atomic E-state index is 12.8. The summed E-state index contributed by atoms with van der Waals surface area (Å²) >= 11 is 0. The molecule has 25 heavy (non-hydrogen) atoms. The van der Waals surface area contributed by atoms with Gasteiger partial charge in [0.05, 0.1) is 11.3 Å². The van der Waals surface area contributed by atoms with Gasteiger partial charge in [0.2, 0.25) is 5.91 Å². The van der Waals surface area contributed by atoms with Gasteiger partial charge in [-0.3, -0.25) is 19.3 Å². The van der Waals surface area contributed by atoms with Crippen LogP contribution in [0.5, 0.6) is 0 Å². The molecule has 0 spiro atoms. The van der Waals surface area contributed by atoms with Gasteiger partial charge in [-0.15, -0.1) is 0 Å². The highest BCUT2D eigenvalue weighted by molar-refractivity contribution is 6.52. The Hall–Kier alpha value is -3.02. The van der Waals surface area contributed by atoms with Crippen LogP contribution in [-0.4, -0.2) is 28.6 Å². The van der Waals surface area contributed by atoms with E-state index in [4.69, 9.17) is 0 Å². The van der Waals surface area contributed by atoms with Crippen LogP contribution in [0.15, 0.2) is 48.7 Å². The smallest absolute Gasteiger partial charge is 0.300 e. The second-order valence-electron chi connectivity index (χ2n) is 6.37. The van der Waals surface area contributed by atoms with Gasteiger partial charge < -0.3 is 5.32 Å². The minimum Gasteiger partial charge on any atom is -0.309 e. The number of anilines is 2. The van der Waals surface area contributed by atoms with Crippen molar-refractivity contribution in [2.75, 3.05) is 10.2 Å². The van der Waals surface area contributed by atoms with Crippen LogP contribution in [0.2, 0.25) is 0 Å². The van der Waals surface area contributed by atoms with Crippen molar-refractivity contribution in [1.29, 1.82) is 0 Å². The number of benzene rings is 1. The molecule has 0 radical (unpaired) electrons. The molecular weight excluding hydrogens is 318 g/mol. The second kappa shape index (κ2) is 6.84. The van der Waals surface area contributed by atoms with E-state index in [1.54, 1.807) is 48.7 Å². The Balaban J connectivity index is 1.95. The summed E-state index contributed by atoms with van der Waals surface area (Å²) in [7, 11) is 0. The molecule has 0 aliphatic carbocycles. The number of amides is 2. The highest BCUT2D eigenvalue weighted by Crippen LogP contribution is 2.32. The summed E-state index contributed by atoms with van der Waals surface area (Å²) in [6.07, 6.45) is 2.01. The van der Waals surface area contributed by atoms with Crippen molar-refractivity contribution < 1.29 is 14.4 Å². The third-order valence-electron chi connectivity index (χ3n) is 4.05. The van der Waals surface area contributed by atoms with Gasteiger partial charge in [-0.2, -0.15) is 0 Å². The summed E-state index contributed by atoms with van der Waals surface area (Å²) in [5, 5.41) is 2.74. The number of aromatic nitrogens is 1. The average molecular weight is 337 g/mol. The molecule has 1 aliphatic rings. The van der Waals surface area contributed by atoms with Gasteiger partial charge in [0, 0.05) is 6.20 Å². The summed E-state index contributed by atoms with van der Waals surface area (Å²) in [6.45, 7) is 3.94. The quantitative estimate of drug-likeness (QED) is 0.851. The fraction of sp³-hybridized carbons (Fsp3) is 0.263. The molecule has 1 aromatic carbocycles. The lowest BCUT2D eigenvalue weighted by Gasteiger charge is -2.28. The lowest BCUT2D eigenvalue weighted by Crippen LogP contribution is -2.47. The molecule has 0 saturated heterocycles. The van der Waals surface area contributed by atoms with Crippen molar-refractivity contribution in [3.8, 4) is 0 Å². The van der Waals surface area contributed by atoms with E-state index in [-0.39, 0.29) is 11.8 Å². The Morgan fingerprint density at radius 1 is 1.12 bits per heavy atom. The molecule has 3 rings (SSSR count). The first kappa shape index (κ1) is 16.8. The van der Waals surface area contributed by atoms with Gasteiger partial charge in [-0.25, -0.2) is 4.98 Å². The molecule has 0 saturated carbocycles. The molecule has 1 aliphatic heterocycles. The molecular formula is C19H19N3O3. The SMILES string of the molecule is CC(C)CC(C(=O)Nc1ccccn1)N1C(=O)C(=O)c2ccccc21. The normalized spacial score (nSPS) is 14.6. The molecule has 2 heterocycles. The molecule has 6 heteroatoms. The van der Waals surface area contributed by atoms with Crippen molar-refractivity contribution in [3.63, 3.8) is 0 Å². The molecule has 128 valence electrons. The maximum atomic E-state index is 12.8. The predicted octanol–water partition coefficient (Wildman–Crippen LogP) is 2.66. The molecule has 0 bridgehead atoms. The average Bonchev–Trinajstić information content (AvgIpc) is 2.85. The minimum atomic E-state index is -0.776. The highest BCUT2D eigenvalue weighted by atomic mass is 16.2. The van der Waals surface area contributed by atoms with Gasteiger partial charge in [-0.1, -0.05) is 32.0 Å². The number of rotatable bonds is 5. The molecule has 1 aromatic heterocycles. The van der Waals surface area contributed by atoms with E-state index in [9.17, 15) is 14.4 Å². The number of carbonyl (C=O) groups is 3. The van der Waals surface area contributed by atoms with Crippen LogP contribution < -0.4 is 10.2 Å². The zero-order chi connectivity index (χ0) is 18.0. The van der Waals surface area contributed by atoms with E-state index in [0.717, 1.165) is 0 Å². The number of ketones is 1. The number of hydrogen-bond donors (Lipinski definition) is 1. The largest absolute Gasteiger partial charge is 0.309 e. The first-order valence-electron chi connectivity index (χ1n) is 8.18. The van der Waals surface area contributed by atoms with E-state index in [1.165, 1.54) is 4.90 Å². The fourth-order valence-electron chi connectivity index (χ4n) is 2.94. The summed E-state index contributed by atoms with van der Waals surface area (Å²) in [4.78, 5) is 43.0. The maximum Gasteiger partial charge on any atom is 0.300 e. The first-order chi connectivity index (χ1) is 12.0. The number of pyridine rings is 1. The van der Waals surface area contributed by atoms with Crippen molar-refractivity contribution in [2.24, 2.45) is 5.92 Å². The van der Waals surface area contributed by atoms with Crippen LogP contribution in [0.4, 0.5) is 11.5 Å².